The number of anilines is 1. The number of nitrogens with one attached hydrogen (secondary N) is 1. The Balaban J connectivity index is 1.77. The Morgan fingerprint density at radius 2 is 2.14 bits per heavy atom. The fourth-order valence-electron chi connectivity index (χ4n) is 2.00. The number of halogens is 1. The number of nitrogens with zero attached hydrogens (tertiary/aromatic N) is 1. The van der Waals surface area contributed by atoms with E-state index in [1.165, 1.54) is 6.92 Å². The lowest BCUT2D eigenvalue weighted by atomic mass is 10.2. The van der Waals surface area contributed by atoms with Crippen molar-refractivity contribution in [3.8, 4) is 0 Å². The molecule has 0 unspecified atom stereocenters. The monoisotopic (exact) mass is 348 g/mol. The van der Waals surface area contributed by atoms with Gasteiger partial charge >= 0.3 is 0 Å². The first-order valence-corrected chi connectivity index (χ1v) is 8.84. The van der Waals surface area contributed by atoms with E-state index in [1.807, 2.05) is 42.5 Å². The summed E-state index contributed by atoms with van der Waals surface area (Å²) < 4.78 is 2.06. The van der Waals surface area contributed by atoms with Crippen molar-refractivity contribution in [2.24, 2.45) is 0 Å². The third-order valence-corrected chi connectivity index (χ3v) is 5.58. The highest BCUT2D eigenvalue weighted by molar-refractivity contribution is 8.00. The van der Waals surface area contributed by atoms with Gasteiger partial charge in [-0.25, -0.2) is 4.98 Å². The molecule has 1 aromatic heterocycles. The average Bonchev–Trinajstić information content (AvgIpc) is 2.88. The molecule has 0 bridgehead atoms. The van der Waals surface area contributed by atoms with E-state index in [9.17, 15) is 4.79 Å². The van der Waals surface area contributed by atoms with E-state index in [-0.39, 0.29) is 5.91 Å². The van der Waals surface area contributed by atoms with Gasteiger partial charge in [-0.2, -0.15) is 0 Å². The van der Waals surface area contributed by atoms with Crippen molar-refractivity contribution in [2.45, 2.75) is 17.0 Å². The van der Waals surface area contributed by atoms with E-state index in [0.717, 1.165) is 36.6 Å². The van der Waals surface area contributed by atoms with Crippen molar-refractivity contribution >= 4 is 56.5 Å². The molecule has 3 nitrogen and oxygen atoms in total. The summed E-state index contributed by atoms with van der Waals surface area (Å²) in [4.78, 5) is 15.7. The van der Waals surface area contributed by atoms with Gasteiger partial charge in [0.1, 0.15) is 0 Å². The van der Waals surface area contributed by atoms with Crippen LogP contribution in [0, 0.1) is 0 Å². The molecule has 1 heterocycles. The molecule has 0 saturated heterocycles. The summed E-state index contributed by atoms with van der Waals surface area (Å²) in [6.45, 7) is 1.50. The fraction of sp³-hybridized carbons (Fsp3) is 0.125. The summed E-state index contributed by atoms with van der Waals surface area (Å²) in [7, 11) is 0. The highest BCUT2D eigenvalue weighted by Crippen LogP contribution is 2.34. The molecule has 0 aliphatic heterocycles. The summed E-state index contributed by atoms with van der Waals surface area (Å²) in [5.41, 5.74) is 2.85. The molecule has 0 radical (unpaired) electrons. The lowest BCUT2D eigenvalue weighted by Crippen LogP contribution is -2.05. The number of thiazole rings is 1. The van der Waals surface area contributed by atoms with E-state index < -0.39 is 0 Å². The van der Waals surface area contributed by atoms with Crippen LogP contribution in [-0.2, 0) is 10.5 Å². The number of fused-ring (bicyclic) bond motifs is 1. The van der Waals surface area contributed by atoms with Gasteiger partial charge in [-0.05, 0) is 29.8 Å². The maximum Gasteiger partial charge on any atom is 0.221 e. The summed E-state index contributed by atoms with van der Waals surface area (Å²) >= 11 is 9.46. The van der Waals surface area contributed by atoms with Gasteiger partial charge < -0.3 is 5.32 Å². The zero-order valence-corrected chi connectivity index (χ0v) is 14.2. The maximum absolute atomic E-state index is 11.1. The van der Waals surface area contributed by atoms with Gasteiger partial charge in [0.05, 0.1) is 10.2 Å². The van der Waals surface area contributed by atoms with Crippen molar-refractivity contribution in [1.82, 2.24) is 4.98 Å². The molecule has 0 spiro atoms. The van der Waals surface area contributed by atoms with Crippen LogP contribution in [0.1, 0.15) is 12.5 Å². The van der Waals surface area contributed by atoms with Gasteiger partial charge in [-0.1, -0.05) is 41.6 Å². The SMILES string of the molecule is CC(=O)Nc1ccc2nc(SCc3ccccc3Cl)sc2c1. The number of aromatic nitrogens is 1. The number of hydrogen-bond acceptors (Lipinski definition) is 4. The first kappa shape index (κ1) is 15.3. The van der Waals surface area contributed by atoms with Crippen LogP contribution in [0.25, 0.3) is 10.2 Å². The molecule has 3 rings (SSSR count). The Bertz CT molecular complexity index is 832. The predicted molar refractivity (Wildman–Crippen MR) is 94.9 cm³/mol. The lowest BCUT2D eigenvalue weighted by molar-refractivity contribution is -0.114. The Labute approximate surface area is 141 Å². The van der Waals surface area contributed by atoms with E-state index >= 15 is 0 Å². The third-order valence-electron chi connectivity index (χ3n) is 3.00. The van der Waals surface area contributed by atoms with Gasteiger partial charge in [0.2, 0.25) is 5.91 Å². The first-order valence-electron chi connectivity index (χ1n) is 6.66. The third kappa shape index (κ3) is 3.61. The van der Waals surface area contributed by atoms with Crippen LogP contribution >= 0.6 is 34.7 Å². The minimum absolute atomic E-state index is 0.0721. The number of hydrogen-bond donors (Lipinski definition) is 1. The number of benzene rings is 2. The minimum atomic E-state index is -0.0721. The van der Waals surface area contributed by atoms with E-state index in [1.54, 1.807) is 23.1 Å². The van der Waals surface area contributed by atoms with Crippen LogP contribution in [0.15, 0.2) is 46.8 Å². The first-order chi connectivity index (χ1) is 10.6. The van der Waals surface area contributed by atoms with Crippen LogP contribution in [-0.4, -0.2) is 10.9 Å². The predicted octanol–water partition coefficient (Wildman–Crippen LogP) is 5.20. The Kier molecular flexibility index (Phi) is 4.66. The number of carbonyl (C=O) groups excluding carboxylic acids is 1. The second-order valence-electron chi connectivity index (χ2n) is 4.72. The standard InChI is InChI=1S/C16H13ClN2OS2/c1-10(20)18-12-6-7-14-15(8-12)22-16(19-14)21-9-11-4-2-3-5-13(11)17/h2-8H,9H2,1H3,(H,18,20). The molecule has 0 aliphatic rings. The molecule has 0 saturated carbocycles. The van der Waals surface area contributed by atoms with Gasteiger partial charge in [0, 0.05) is 23.4 Å². The summed E-state index contributed by atoms with van der Waals surface area (Å²) in [6.07, 6.45) is 0. The molecule has 112 valence electrons. The smallest absolute Gasteiger partial charge is 0.221 e. The van der Waals surface area contributed by atoms with Crippen molar-refractivity contribution in [2.75, 3.05) is 5.32 Å². The second-order valence-corrected chi connectivity index (χ2v) is 7.38. The molecule has 1 amide bonds. The highest BCUT2D eigenvalue weighted by atomic mass is 35.5. The van der Waals surface area contributed by atoms with Crippen LogP contribution in [0.2, 0.25) is 5.02 Å². The molecule has 22 heavy (non-hydrogen) atoms. The van der Waals surface area contributed by atoms with Gasteiger partial charge in [-0.3, -0.25) is 4.79 Å². The van der Waals surface area contributed by atoms with Crippen LogP contribution in [0.3, 0.4) is 0 Å². The topological polar surface area (TPSA) is 42.0 Å². The van der Waals surface area contributed by atoms with Gasteiger partial charge in [0.15, 0.2) is 4.34 Å². The summed E-state index contributed by atoms with van der Waals surface area (Å²) in [5, 5.41) is 3.57. The lowest BCUT2D eigenvalue weighted by Gasteiger charge is -2.00. The molecule has 0 fully saturated rings. The molecular weight excluding hydrogens is 336 g/mol. The van der Waals surface area contributed by atoms with Crippen LogP contribution < -0.4 is 5.32 Å². The van der Waals surface area contributed by atoms with Crippen molar-refractivity contribution in [3.05, 3.63) is 53.1 Å². The van der Waals surface area contributed by atoms with Crippen molar-refractivity contribution < 1.29 is 4.79 Å². The van der Waals surface area contributed by atoms with Gasteiger partial charge in [0.25, 0.3) is 0 Å². The zero-order chi connectivity index (χ0) is 15.5. The van der Waals surface area contributed by atoms with E-state index in [2.05, 4.69) is 10.3 Å². The second kappa shape index (κ2) is 6.69. The largest absolute Gasteiger partial charge is 0.326 e. The molecular formula is C16H13ClN2OS2. The minimum Gasteiger partial charge on any atom is -0.326 e. The fourth-order valence-corrected chi connectivity index (χ4v) is 4.39. The molecule has 0 atom stereocenters. The normalized spacial score (nSPS) is 10.8. The number of carbonyl (C=O) groups is 1. The zero-order valence-electron chi connectivity index (χ0n) is 11.8. The molecule has 2 aromatic carbocycles. The number of rotatable bonds is 4. The summed E-state index contributed by atoms with van der Waals surface area (Å²) in [6, 6.07) is 13.6. The Morgan fingerprint density at radius 3 is 2.91 bits per heavy atom. The molecule has 3 aromatic rings. The van der Waals surface area contributed by atoms with Crippen molar-refractivity contribution in [3.63, 3.8) is 0 Å². The van der Waals surface area contributed by atoms with Crippen LogP contribution in [0.5, 0.6) is 0 Å². The van der Waals surface area contributed by atoms with E-state index in [0.29, 0.717) is 0 Å². The summed E-state index contributed by atoms with van der Waals surface area (Å²) in [5.74, 6) is 0.718. The number of amides is 1. The number of thioether (sulfide) groups is 1. The maximum atomic E-state index is 11.1. The van der Waals surface area contributed by atoms with Crippen LogP contribution in [0.4, 0.5) is 5.69 Å². The average molecular weight is 349 g/mol. The van der Waals surface area contributed by atoms with Crippen molar-refractivity contribution in [1.29, 1.82) is 0 Å². The Morgan fingerprint density at radius 1 is 1.32 bits per heavy atom. The highest BCUT2D eigenvalue weighted by Gasteiger charge is 2.07. The Hall–Kier alpha value is -1.56. The molecule has 0 aliphatic carbocycles. The quantitative estimate of drug-likeness (QED) is 0.659. The molecule has 6 heteroatoms. The molecule has 1 N–H and O–H groups in total. The van der Waals surface area contributed by atoms with Gasteiger partial charge in [-0.15, -0.1) is 11.3 Å². The van der Waals surface area contributed by atoms with E-state index in [4.69, 9.17) is 11.6 Å².